The Morgan fingerprint density at radius 3 is 2.73 bits per heavy atom. The van der Waals surface area contributed by atoms with Crippen molar-refractivity contribution in [3.63, 3.8) is 0 Å². The van der Waals surface area contributed by atoms with Crippen LogP contribution in [0.1, 0.15) is 78.1 Å². The molecule has 4 fully saturated rings. The average Bonchev–Trinajstić information content (AvgIpc) is 2.92. The van der Waals surface area contributed by atoms with E-state index in [2.05, 4.69) is 19.9 Å². The number of ketones is 1. The van der Waals surface area contributed by atoms with Crippen molar-refractivity contribution in [1.29, 1.82) is 0 Å². The van der Waals surface area contributed by atoms with Crippen molar-refractivity contribution in [2.75, 3.05) is 6.54 Å². The number of hydrogen-bond donors (Lipinski definition) is 2. The summed E-state index contributed by atoms with van der Waals surface area (Å²) in [5.74, 6) is 2.67. The van der Waals surface area contributed by atoms with Crippen LogP contribution in [0, 0.1) is 34.5 Å². The smallest absolute Gasteiger partial charge is 0.139 e. The normalized spacial score (nSPS) is 49.6. The number of unbranched alkanes of at least 4 members (excludes halogenated alkanes) is 1. The van der Waals surface area contributed by atoms with E-state index in [1.807, 2.05) is 0 Å². The third-order valence-electron chi connectivity index (χ3n) is 9.13. The molecule has 0 aromatic heterocycles. The molecule has 4 rings (SSSR count). The van der Waals surface area contributed by atoms with Crippen LogP contribution in [-0.4, -0.2) is 23.5 Å². The molecule has 146 valence electrons. The summed E-state index contributed by atoms with van der Waals surface area (Å²) in [5, 5.41) is 11.1. The Morgan fingerprint density at radius 2 is 1.96 bits per heavy atom. The zero-order valence-corrected chi connectivity index (χ0v) is 16.7. The lowest BCUT2D eigenvalue weighted by atomic mass is 9.44. The van der Waals surface area contributed by atoms with Gasteiger partial charge in [0.2, 0.25) is 0 Å². The summed E-state index contributed by atoms with van der Waals surface area (Å²) < 4.78 is 0. The maximum absolute atomic E-state index is 12.5. The van der Waals surface area contributed by atoms with Gasteiger partial charge in [-0.2, -0.15) is 0 Å². The standard InChI is InChI=1S/C23H37NO2/c1-22-10-8-15(5-3-4-12-24)13-19(22)20(25)14-16-17-6-7-21(26)23(17,2)11-9-18(16)22/h5,16-20,25H,3-4,6-14,24H2,1-2H3/t16-,17-,18-,19?,20-,22+,23-/m0/s1. The van der Waals surface area contributed by atoms with Crippen LogP contribution in [0.5, 0.6) is 0 Å². The number of Topliss-reactive ketones (excluding diaryl/α,β-unsaturated/α-hetero) is 1. The number of rotatable bonds is 3. The first-order valence-corrected chi connectivity index (χ1v) is 11.0. The SMILES string of the molecule is C[C@]12CCC(=CCCCN)CC1[C@@H](O)C[C@@H]1[C@@H]2CC[C@]2(C)C(=O)CC[C@@H]12. The van der Waals surface area contributed by atoms with E-state index in [0.29, 0.717) is 29.5 Å². The summed E-state index contributed by atoms with van der Waals surface area (Å²) in [6, 6.07) is 0. The highest BCUT2D eigenvalue weighted by atomic mass is 16.3. The number of nitrogens with two attached hydrogens (primary N) is 1. The summed E-state index contributed by atoms with van der Waals surface area (Å²) in [7, 11) is 0. The molecule has 3 N–H and O–H groups in total. The highest BCUT2D eigenvalue weighted by Gasteiger charge is 2.61. The van der Waals surface area contributed by atoms with Gasteiger partial charge in [-0.1, -0.05) is 25.5 Å². The van der Waals surface area contributed by atoms with Crippen LogP contribution in [0.3, 0.4) is 0 Å². The first kappa shape index (κ1) is 18.7. The van der Waals surface area contributed by atoms with Crippen molar-refractivity contribution in [2.45, 2.75) is 84.2 Å². The van der Waals surface area contributed by atoms with Gasteiger partial charge in [0, 0.05) is 11.8 Å². The first-order chi connectivity index (χ1) is 12.4. The number of hydrogen-bond acceptors (Lipinski definition) is 3. The summed E-state index contributed by atoms with van der Waals surface area (Å²) in [5.41, 5.74) is 7.35. The van der Waals surface area contributed by atoms with Gasteiger partial charge >= 0.3 is 0 Å². The lowest BCUT2D eigenvalue weighted by molar-refractivity contribution is -0.155. The largest absolute Gasteiger partial charge is 0.393 e. The van der Waals surface area contributed by atoms with E-state index >= 15 is 0 Å². The van der Waals surface area contributed by atoms with Crippen molar-refractivity contribution in [2.24, 2.45) is 40.2 Å². The number of carbonyl (C=O) groups is 1. The van der Waals surface area contributed by atoms with E-state index in [1.165, 1.54) is 19.3 Å². The molecule has 0 spiro atoms. The molecule has 7 atom stereocenters. The highest BCUT2D eigenvalue weighted by Crippen LogP contribution is 2.65. The van der Waals surface area contributed by atoms with Crippen LogP contribution in [0.15, 0.2) is 11.6 Å². The van der Waals surface area contributed by atoms with E-state index in [-0.39, 0.29) is 16.9 Å². The van der Waals surface area contributed by atoms with Crippen molar-refractivity contribution in [3.05, 3.63) is 11.6 Å². The second-order valence-corrected chi connectivity index (χ2v) is 10.2. The summed E-state index contributed by atoms with van der Waals surface area (Å²) >= 11 is 0. The van der Waals surface area contributed by atoms with Gasteiger partial charge in [0.15, 0.2) is 0 Å². The number of carbonyl (C=O) groups excluding carboxylic acids is 1. The lowest BCUT2D eigenvalue weighted by Crippen LogP contribution is -2.57. The number of aliphatic hydroxyl groups excluding tert-OH is 1. The van der Waals surface area contributed by atoms with Crippen LogP contribution in [0.25, 0.3) is 0 Å². The van der Waals surface area contributed by atoms with Gasteiger partial charge in [0.05, 0.1) is 6.10 Å². The third kappa shape index (κ3) is 2.73. The van der Waals surface area contributed by atoms with Crippen LogP contribution in [0.2, 0.25) is 0 Å². The molecule has 0 aliphatic heterocycles. The molecule has 3 nitrogen and oxygen atoms in total. The van der Waals surface area contributed by atoms with Crippen LogP contribution in [0.4, 0.5) is 0 Å². The van der Waals surface area contributed by atoms with Crippen molar-refractivity contribution >= 4 is 5.78 Å². The molecule has 26 heavy (non-hydrogen) atoms. The van der Waals surface area contributed by atoms with E-state index in [4.69, 9.17) is 5.73 Å². The molecule has 4 aliphatic rings. The molecule has 3 heteroatoms. The van der Waals surface area contributed by atoms with Gasteiger partial charge in [0.1, 0.15) is 5.78 Å². The fraction of sp³-hybridized carbons (Fsp3) is 0.870. The molecular weight excluding hydrogens is 322 g/mol. The van der Waals surface area contributed by atoms with E-state index in [1.54, 1.807) is 5.57 Å². The second-order valence-electron chi connectivity index (χ2n) is 10.2. The molecule has 0 heterocycles. The Labute approximate surface area is 158 Å². The molecule has 0 aromatic rings. The van der Waals surface area contributed by atoms with Gasteiger partial charge in [-0.05, 0) is 93.4 Å². The van der Waals surface area contributed by atoms with Gasteiger partial charge in [-0.15, -0.1) is 0 Å². The monoisotopic (exact) mass is 359 g/mol. The van der Waals surface area contributed by atoms with Crippen molar-refractivity contribution in [1.82, 2.24) is 0 Å². The van der Waals surface area contributed by atoms with Gasteiger partial charge in [-0.25, -0.2) is 0 Å². The molecule has 4 aliphatic carbocycles. The van der Waals surface area contributed by atoms with Crippen LogP contribution < -0.4 is 5.73 Å². The highest BCUT2D eigenvalue weighted by molar-refractivity contribution is 5.87. The molecular formula is C23H37NO2. The topological polar surface area (TPSA) is 63.3 Å². The Hall–Kier alpha value is -0.670. The second kappa shape index (κ2) is 6.74. The number of fused-ring (bicyclic) bond motifs is 5. The fourth-order valence-corrected chi connectivity index (χ4v) is 7.53. The minimum Gasteiger partial charge on any atom is -0.393 e. The summed E-state index contributed by atoms with van der Waals surface area (Å²) in [6.45, 7) is 5.45. The Kier molecular flexibility index (Phi) is 4.84. The summed E-state index contributed by atoms with van der Waals surface area (Å²) in [6.07, 6.45) is 12.9. The molecule has 4 saturated carbocycles. The minimum atomic E-state index is -0.197. The molecule has 0 amide bonds. The Balaban J connectivity index is 1.56. The molecule has 0 saturated heterocycles. The third-order valence-corrected chi connectivity index (χ3v) is 9.13. The van der Waals surface area contributed by atoms with Gasteiger partial charge in [-0.3, -0.25) is 4.79 Å². The fourth-order valence-electron chi connectivity index (χ4n) is 7.53. The molecule has 0 bridgehead atoms. The van der Waals surface area contributed by atoms with Crippen molar-refractivity contribution in [3.8, 4) is 0 Å². The van der Waals surface area contributed by atoms with E-state index in [0.717, 1.165) is 51.5 Å². The van der Waals surface area contributed by atoms with E-state index in [9.17, 15) is 9.90 Å². The number of aliphatic hydroxyl groups is 1. The predicted octanol–water partition coefficient (Wildman–Crippen LogP) is 4.23. The molecule has 0 aromatic carbocycles. The van der Waals surface area contributed by atoms with E-state index < -0.39 is 0 Å². The maximum atomic E-state index is 12.5. The van der Waals surface area contributed by atoms with Crippen LogP contribution >= 0.6 is 0 Å². The van der Waals surface area contributed by atoms with Gasteiger partial charge in [0.25, 0.3) is 0 Å². The Morgan fingerprint density at radius 1 is 1.15 bits per heavy atom. The zero-order chi connectivity index (χ0) is 18.5. The minimum absolute atomic E-state index is 0.0912. The van der Waals surface area contributed by atoms with Gasteiger partial charge < -0.3 is 10.8 Å². The van der Waals surface area contributed by atoms with Crippen LogP contribution in [-0.2, 0) is 4.79 Å². The summed E-state index contributed by atoms with van der Waals surface area (Å²) in [4.78, 5) is 12.5. The predicted molar refractivity (Wildman–Crippen MR) is 104 cm³/mol. The first-order valence-electron chi connectivity index (χ1n) is 11.0. The lowest BCUT2D eigenvalue weighted by Gasteiger charge is -2.61. The quantitative estimate of drug-likeness (QED) is 0.585. The maximum Gasteiger partial charge on any atom is 0.139 e. The Bertz CT molecular complexity index is 599. The number of allylic oxidation sites excluding steroid dienone is 2. The average molecular weight is 360 g/mol. The zero-order valence-electron chi connectivity index (χ0n) is 16.7. The molecule has 1 unspecified atom stereocenters. The van der Waals surface area contributed by atoms with Crippen molar-refractivity contribution < 1.29 is 9.90 Å². The molecule has 0 radical (unpaired) electrons.